The Morgan fingerprint density at radius 3 is 2.48 bits per heavy atom. The predicted molar refractivity (Wildman–Crippen MR) is 84.9 cm³/mol. The zero-order valence-electron chi connectivity index (χ0n) is 11.9. The van der Waals surface area contributed by atoms with E-state index < -0.39 is 0 Å². The number of rotatable bonds is 3. The minimum Gasteiger partial charge on any atom is -0.357 e. The molecule has 1 heterocycles. The third-order valence-electron chi connectivity index (χ3n) is 2.81. The number of hydrogen-bond donors (Lipinski definition) is 2. The number of nitrogens with one attached hydrogen (secondary N) is 2. The lowest BCUT2D eigenvalue weighted by Gasteiger charge is -2.09. The van der Waals surface area contributed by atoms with Crippen LogP contribution < -0.4 is 10.6 Å². The molecule has 108 valence electrons. The Bertz CT molecular complexity index is 638. The van der Waals surface area contributed by atoms with Gasteiger partial charge in [0, 0.05) is 11.8 Å². The third-order valence-corrected chi connectivity index (χ3v) is 3.05. The largest absolute Gasteiger partial charge is 0.357 e. The molecule has 21 heavy (non-hydrogen) atoms. The normalized spacial score (nSPS) is 10.0. The van der Waals surface area contributed by atoms with Gasteiger partial charge in [-0.05, 0) is 38.2 Å². The van der Waals surface area contributed by atoms with Crippen LogP contribution in [0.25, 0.3) is 0 Å². The number of aromatic nitrogens is 2. The molecule has 0 bridgehead atoms. The fraction of sp³-hybridized carbons (Fsp3) is 0.200. The standard InChI is InChI=1S/C15H16N4OS/c1-10-3-5-12(6-4-10)14(20)19-15(21)18-9-13-8-16-11(2)7-17-13/h3-8H,9H2,1-2H3,(H2,18,19,20,21). The lowest BCUT2D eigenvalue weighted by atomic mass is 10.1. The van der Waals surface area contributed by atoms with E-state index in [1.54, 1.807) is 24.5 Å². The molecular formula is C15H16N4OS. The second kappa shape index (κ2) is 6.90. The van der Waals surface area contributed by atoms with Crippen LogP contribution in [0.5, 0.6) is 0 Å². The van der Waals surface area contributed by atoms with Crippen LogP contribution in [-0.2, 0) is 6.54 Å². The molecule has 0 saturated carbocycles. The van der Waals surface area contributed by atoms with Crippen LogP contribution in [0.4, 0.5) is 0 Å². The van der Waals surface area contributed by atoms with E-state index in [0.29, 0.717) is 12.1 Å². The van der Waals surface area contributed by atoms with Crippen LogP contribution in [0.1, 0.15) is 27.3 Å². The second-order valence-electron chi connectivity index (χ2n) is 4.65. The average molecular weight is 300 g/mol. The van der Waals surface area contributed by atoms with Crippen molar-refractivity contribution >= 4 is 23.2 Å². The highest BCUT2D eigenvalue weighted by atomic mass is 32.1. The van der Waals surface area contributed by atoms with Gasteiger partial charge in [-0.3, -0.25) is 20.1 Å². The van der Waals surface area contributed by atoms with E-state index in [1.165, 1.54) is 0 Å². The van der Waals surface area contributed by atoms with Gasteiger partial charge in [0.15, 0.2) is 5.11 Å². The molecule has 2 aromatic rings. The van der Waals surface area contributed by atoms with Crippen LogP contribution in [0.15, 0.2) is 36.7 Å². The highest BCUT2D eigenvalue weighted by Crippen LogP contribution is 2.02. The first-order valence-electron chi connectivity index (χ1n) is 6.48. The Morgan fingerprint density at radius 2 is 1.86 bits per heavy atom. The van der Waals surface area contributed by atoms with Crippen molar-refractivity contribution in [3.63, 3.8) is 0 Å². The van der Waals surface area contributed by atoms with Crippen LogP contribution in [0, 0.1) is 13.8 Å². The van der Waals surface area contributed by atoms with Gasteiger partial charge in [0.25, 0.3) is 5.91 Å². The molecule has 0 atom stereocenters. The number of nitrogens with zero attached hydrogens (tertiary/aromatic N) is 2. The summed E-state index contributed by atoms with van der Waals surface area (Å²) < 4.78 is 0. The number of carbonyl (C=O) groups excluding carboxylic acids is 1. The van der Waals surface area contributed by atoms with Gasteiger partial charge in [0.05, 0.1) is 24.1 Å². The zero-order chi connectivity index (χ0) is 15.2. The van der Waals surface area contributed by atoms with Crippen LogP contribution in [0.2, 0.25) is 0 Å². The van der Waals surface area contributed by atoms with Gasteiger partial charge < -0.3 is 5.32 Å². The SMILES string of the molecule is Cc1ccc(C(=O)NC(=S)NCc2cnc(C)cn2)cc1. The smallest absolute Gasteiger partial charge is 0.257 e. The predicted octanol–water partition coefficient (Wildman–Crippen LogP) is 1.90. The molecule has 0 aliphatic heterocycles. The molecule has 0 saturated heterocycles. The summed E-state index contributed by atoms with van der Waals surface area (Å²) in [6.45, 7) is 4.26. The van der Waals surface area contributed by atoms with E-state index in [9.17, 15) is 4.79 Å². The van der Waals surface area contributed by atoms with E-state index in [4.69, 9.17) is 12.2 Å². The average Bonchev–Trinajstić information content (AvgIpc) is 2.47. The third kappa shape index (κ3) is 4.61. The monoisotopic (exact) mass is 300 g/mol. The van der Waals surface area contributed by atoms with Gasteiger partial charge in [-0.15, -0.1) is 0 Å². The Balaban J connectivity index is 1.85. The van der Waals surface area contributed by atoms with Crippen molar-refractivity contribution in [2.75, 3.05) is 0 Å². The molecule has 2 N–H and O–H groups in total. The van der Waals surface area contributed by atoms with Gasteiger partial charge in [0.1, 0.15) is 0 Å². The van der Waals surface area contributed by atoms with Gasteiger partial charge in [-0.2, -0.15) is 0 Å². The zero-order valence-corrected chi connectivity index (χ0v) is 12.7. The number of aryl methyl sites for hydroxylation is 2. The summed E-state index contributed by atoms with van der Waals surface area (Å²) >= 11 is 5.09. The number of hydrogen-bond acceptors (Lipinski definition) is 4. The molecule has 1 aromatic carbocycles. The molecule has 1 aromatic heterocycles. The van der Waals surface area contributed by atoms with Gasteiger partial charge in [-0.1, -0.05) is 17.7 Å². The van der Waals surface area contributed by atoms with Gasteiger partial charge in [0.2, 0.25) is 0 Å². The number of amides is 1. The van der Waals surface area contributed by atoms with E-state index in [2.05, 4.69) is 20.6 Å². The molecule has 0 unspecified atom stereocenters. The quantitative estimate of drug-likeness (QED) is 0.848. The van der Waals surface area contributed by atoms with E-state index >= 15 is 0 Å². The lowest BCUT2D eigenvalue weighted by molar-refractivity contribution is 0.0976. The summed E-state index contributed by atoms with van der Waals surface area (Å²) in [5, 5.41) is 5.82. The molecule has 0 spiro atoms. The van der Waals surface area contributed by atoms with Crippen molar-refractivity contribution < 1.29 is 4.79 Å². The van der Waals surface area contributed by atoms with Crippen molar-refractivity contribution in [1.82, 2.24) is 20.6 Å². The van der Waals surface area contributed by atoms with Gasteiger partial charge >= 0.3 is 0 Å². The molecule has 0 aliphatic rings. The highest BCUT2D eigenvalue weighted by molar-refractivity contribution is 7.80. The number of carbonyl (C=O) groups is 1. The molecule has 0 radical (unpaired) electrons. The Morgan fingerprint density at radius 1 is 1.14 bits per heavy atom. The Hall–Kier alpha value is -2.34. The molecule has 0 fully saturated rings. The van der Waals surface area contributed by atoms with Crippen molar-refractivity contribution in [3.05, 3.63) is 59.2 Å². The lowest BCUT2D eigenvalue weighted by Crippen LogP contribution is -2.39. The van der Waals surface area contributed by atoms with E-state index in [1.807, 2.05) is 26.0 Å². The summed E-state index contributed by atoms with van der Waals surface area (Å²) in [5.41, 5.74) is 3.28. The van der Waals surface area contributed by atoms with Crippen molar-refractivity contribution in [1.29, 1.82) is 0 Å². The second-order valence-corrected chi connectivity index (χ2v) is 5.06. The fourth-order valence-corrected chi connectivity index (χ4v) is 1.77. The van der Waals surface area contributed by atoms with E-state index in [0.717, 1.165) is 17.0 Å². The first-order valence-corrected chi connectivity index (χ1v) is 6.89. The topological polar surface area (TPSA) is 66.9 Å². The number of benzene rings is 1. The summed E-state index contributed by atoms with van der Waals surface area (Å²) in [7, 11) is 0. The van der Waals surface area contributed by atoms with Crippen LogP contribution in [0.3, 0.4) is 0 Å². The summed E-state index contributed by atoms with van der Waals surface area (Å²) in [6, 6.07) is 7.29. The summed E-state index contributed by atoms with van der Waals surface area (Å²) in [4.78, 5) is 20.3. The maximum Gasteiger partial charge on any atom is 0.257 e. The van der Waals surface area contributed by atoms with Crippen molar-refractivity contribution in [3.8, 4) is 0 Å². The summed E-state index contributed by atoms with van der Waals surface area (Å²) in [5.74, 6) is -0.234. The molecule has 2 rings (SSSR count). The van der Waals surface area contributed by atoms with E-state index in [-0.39, 0.29) is 11.0 Å². The Kier molecular flexibility index (Phi) is 4.94. The maximum atomic E-state index is 12.0. The summed E-state index contributed by atoms with van der Waals surface area (Å²) in [6.07, 6.45) is 3.36. The Labute approximate surface area is 128 Å². The molecule has 0 aliphatic carbocycles. The minimum atomic E-state index is -0.234. The van der Waals surface area contributed by atoms with Gasteiger partial charge in [-0.25, -0.2) is 0 Å². The van der Waals surface area contributed by atoms with Crippen molar-refractivity contribution in [2.24, 2.45) is 0 Å². The maximum absolute atomic E-state index is 12.0. The van der Waals surface area contributed by atoms with Crippen molar-refractivity contribution in [2.45, 2.75) is 20.4 Å². The molecule has 6 heteroatoms. The van der Waals surface area contributed by atoms with Crippen LogP contribution >= 0.6 is 12.2 Å². The molecular weight excluding hydrogens is 284 g/mol. The minimum absolute atomic E-state index is 0.234. The molecule has 1 amide bonds. The first kappa shape index (κ1) is 15.1. The highest BCUT2D eigenvalue weighted by Gasteiger charge is 2.07. The van der Waals surface area contributed by atoms with Crippen LogP contribution in [-0.4, -0.2) is 21.0 Å². The molecule has 5 nitrogen and oxygen atoms in total. The first-order chi connectivity index (χ1) is 10.0. The fourth-order valence-electron chi connectivity index (χ4n) is 1.61. The number of thiocarbonyl (C=S) groups is 1.